The quantitative estimate of drug-likeness (QED) is 0.318. The predicted octanol–water partition coefficient (Wildman–Crippen LogP) is 4.38. The zero-order valence-electron chi connectivity index (χ0n) is 14.3. The minimum atomic E-state index is -0.626. The Hall–Kier alpha value is -3.19. The number of nitro groups is 1. The number of hydrogen-bond donors (Lipinski definition) is 0. The maximum atomic E-state index is 12.1. The van der Waals surface area contributed by atoms with Crippen molar-refractivity contribution in [3.05, 3.63) is 74.4 Å². The third-order valence-electron chi connectivity index (χ3n) is 3.65. The lowest BCUT2D eigenvalue weighted by Gasteiger charge is -2.04. The maximum absolute atomic E-state index is 12.1. The molecule has 0 bridgehead atoms. The average Bonchev–Trinajstić information content (AvgIpc) is 3.00. The first kappa shape index (κ1) is 18.6. The third-order valence-corrected chi connectivity index (χ3v) is 3.96. The number of carbonyl (C=O) groups excluding carboxylic acids is 1. The Kier molecular flexibility index (Phi) is 5.52. The zero-order chi connectivity index (χ0) is 19.4. The second-order valence-electron chi connectivity index (χ2n) is 5.68. The van der Waals surface area contributed by atoms with E-state index in [0.717, 1.165) is 12.0 Å². The van der Waals surface area contributed by atoms with Crippen LogP contribution >= 0.6 is 11.6 Å². The van der Waals surface area contributed by atoms with Crippen molar-refractivity contribution in [3.63, 3.8) is 0 Å². The number of ether oxygens (including phenoxy) is 2. The summed E-state index contributed by atoms with van der Waals surface area (Å²) in [6, 6.07) is 11.1. The van der Waals surface area contributed by atoms with Gasteiger partial charge in [0.25, 0.3) is 5.69 Å². The second kappa shape index (κ2) is 8.01. The molecule has 2 aromatic carbocycles. The van der Waals surface area contributed by atoms with Crippen LogP contribution in [0.2, 0.25) is 5.02 Å². The van der Waals surface area contributed by atoms with E-state index in [1.54, 1.807) is 12.1 Å². The Bertz CT molecular complexity index is 968. The average molecular weight is 387 g/mol. The van der Waals surface area contributed by atoms with Crippen molar-refractivity contribution in [2.45, 2.75) is 13.3 Å². The normalized spacial score (nSPS) is 14.8. The first-order chi connectivity index (χ1) is 13.0. The first-order valence-electron chi connectivity index (χ1n) is 8.17. The highest BCUT2D eigenvalue weighted by atomic mass is 35.5. The predicted molar refractivity (Wildman–Crippen MR) is 101 cm³/mol. The Balaban J connectivity index is 1.88. The second-order valence-corrected chi connectivity index (χ2v) is 6.09. The van der Waals surface area contributed by atoms with Gasteiger partial charge in [-0.05, 0) is 36.3 Å². The van der Waals surface area contributed by atoms with E-state index in [-0.39, 0.29) is 22.3 Å². The van der Waals surface area contributed by atoms with Crippen LogP contribution in [-0.4, -0.2) is 23.4 Å². The molecule has 1 aliphatic rings. The number of non-ortho nitro benzene ring substituents is 1. The zero-order valence-corrected chi connectivity index (χ0v) is 15.1. The van der Waals surface area contributed by atoms with Gasteiger partial charge in [0.15, 0.2) is 5.70 Å². The van der Waals surface area contributed by atoms with Gasteiger partial charge in [-0.25, -0.2) is 9.79 Å². The smallest absolute Gasteiger partial charge is 0.363 e. The monoisotopic (exact) mass is 386 g/mol. The van der Waals surface area contributed by atoms with Gasteiger partial charge < -0.3 is 9.47 Å². The van der Waals surface area contributed by atoms with Crippen LogP contribution in [0.25, 0.3) is 6.08 Å². The van der Waals surface area contributed by atoms with Crippen LogP contribution in [0.15, 0.2) is 53.2 Å². The van der Waals surface area contributed by atoms with Crippen LogP contribution in [0, 0.1) is 10.1 Å². The molecular weight excluding hydrogens is 372 g/mol. The molecule has 3 rings (SSSR count). The van der Waals surface area contributed by atoms with Gasteiger partial charge >= 0.3 is 5.97 Å². The Labute approximate surface area is 160 Å². The fourth-order valence-corrected chi connectivity index (χ4v) is 2.64. The van der Waals surface area contributed by atoms with Crippen LogP contribution in [-0.2, 0) is 9.53 Å². The summed E-state index contributed by atoms with van der Waals surface area (Å²) in [6.07, 6.45) is 2.47. The van der Waals surface area contributed by atoms with Crippen LogP contribution in [0.5, 0.6) is 5.75 Å². The maximum Gasteiger partial charge on any atom is 0.363 e. The molecule has 0 spiro atoms. The summed E-state index contributed by atoms with van der Waals surface area (Å²) in [5.74, 6) is 0.0732. The van der Waals surface area contributed by atoms with E-state index in [1.807, 2.05) is 25.1 Å². The number of carbonyl (C=O) groups is 1. The molecule has 0 N–H and O–H groups in total. The fraction of sp³-hybridized carbons (Fsp3) is 0.158. The summed E-state index contributed by atoms with van der Waals surface area (Å²) in [6.45, 7) is 2.61. The molecule has 2 aromatic rings. The summed E-state index contributed by atoms with van der Waals surface area (Å²) < 4.78 is 10.7. The van der Waals surface area contributed by atoms with Gasteiger partial charge in [-0.2, -0.15) is 0 Å². The van der Waals surface area contributed by atoms with Crippen molar-refractivity contribution >= 4 is 35.2 Å². The van der Waals surface area contributed by atoms with Crippen molar-refractivity contribution in [2.75, 3.05) is 6.61 Å². The van der Waals surface area contributed by atoms with E-state index in [9.17, 15) is 14.9 Å². The van der Waals surface area contributed by atoms with Crippen molar-refractivity contribution in [1.82, 2.24) is 0 Å². The Morgan fingerprint density at radius 1 is 1.30 bits per heavy atom. The number of halogens is 1. The van der Waals surface area contributed by atoms with E-state index < -0.39 is 10.9 Å². The number of rotatable bonds is 6. The van der Waals surface area contributed by atoms with E-state index in [2.05, 4.69) is 4.99 Å². The molecule has 0 unspecified atom stereocenters. The molecule has 0 aromatic heterocycles. The molecule has 0 aliphatic carbocycles. The molecule has 8 heteroatoms. The third kappa shape index (κ3) is 4.32. The van der Waals surface area contributed by atoms with Crippen LogP contribution < -0.4 is 4.74 Å². The van der Waals surface area contributed by atoms with Gasteiger partial charge in [0.05, 0.1) is 22.1 Å². The van der Waals surface area contributed by atoms with Crippen LogP contribution in [0.3, 0.4) is 0 Å². The first-order valence-corrected chi connectivity index (χ1v) is 8.55. The lowest BCUT2D eigenvalue weighted by molar-refractivity contribution is -0.384. The molecule has 0 fully saturated rings. The number of nitrogens with zero attached hydrogens (tertiary/aromatic N) is 2. The van der Waals surface area contributed by atoms with Crippen LogP contribution in [0.4, 0.5) is 5.69 Å². The van der Waals surface area contributed by atoms with Gasteiger partial charge in [0.1, 0.15) is 5.75 Å². The molecule has 27 heavy (non-hydrogen) atoms. The van der Waals surface area contributed by atoms with Gasteiger partial charge in [0.2, 0.25) is 5.90 Å². The SMILES string of the molecule is CCCOc1cccc(/C=C2\N=C(c3ccc([N+](=O)[O-])cc3Cl)OC2=O)c1. The number of aliphatic imine (C=N–C) groups is 1. The Morgan fingerprint density at radius 2 is 2.11 bits per heavy atom. The highest BCUT2D eigenvalue weighted by Crippen LogP contribution is 2.27. The summed E-state index contributed by atoms with van der Waals surface area (Å²) in [5, 5.41) is 10.9. The van der Waals surface area contributed by atoms with Gasteiger partial charge in [-0.3, -0.25) is 10.1 Å². The van der Waals surface area contributed by atoms with E-state index in [4.69, 9.17) is 21.1 Å². The molecule has 1 heterocycles. The number of cyclic esters (lactones) is 1. The highest BCUT2D eigenvalue weighted by molar-refractivity contribution is 6.34. The van der Waals surface area contributed by atoms with Crippen molar-refractivity contribution < 1.29 is 19.2 Å². The lowest BCUT2D eigenvalue weighted by Crippen LogP contribution is -2.06. The highest BCUT2D eigenvalue weighted by Gasteiger charge is 2.26. The van der Waals surface area contributed by atoms with E-state index in [0.29, 0.717) is 17.9 Å². The fourth-order valence-electron chi connectivity index (χ4n) is 2.39. The Morgan fingerprint density at radius 3 is 2.81 bits per heavy atom. The van der Waals surface area contributed by atoms with Crippen molar-refractivity contribution in [1.29, 1.82) is 0 Å². The molecule has 0 saturated heterocycles. The summed E-state index contributed by atoms with van der Waals surface area (Å²) in [7, 11) is 0. The summed E-state index contributed by atoms with van der Waals surface area (Å²) in [5.41, 5.74) is 0.981. The molecule has 7 nitrogen and oxygen atoms in total. The molecule has 138 valence electrons. The molecule has 0 amide bonds. The number of nitro benzene ring substituents is 1. The molecule has 0 saturated carbocycles. The van der Waals surface area contributed by atoms with Crippen molar-refractivity contribution in [2.24, 2.45) is 4.99 Å². The van der Waals surface area contributed by atoms with Gasteiger partial charge in [-0.1, -0.05) is 30.7 Å². The number of hydrogen-bond acceptors (Lipinski definition) is 6. The topological polar surface area (TPSA) is 91.0 Å². The summed E-state index contributed by atoms with van der Waals surface area (Å²) in [4.78, 5) is 26.5. The molecule has 0 radical (unpaired) electrons. The largest absolute Gasteiger partial charge is 0.494 e. The molecule has 0 atom stereocenters. The minimum Gasteiger partial charge on any atom is -0.494 e. The summed E-state index contributed by atoms with van der Waals surface area (Å²) >= 11 is 6.07. The standard InChI is InChI=1S/C19H15ClN2O5/c1-2-8-26-14-5-3-4-12(9-14)10-17-19(23)27-18(21-17)15-7-6-13(22(24)25)11-16(15)20/h3-7,9-11H,2,8H2,1H3/b17-10-. The van der Waals surface area contributed by atoms with Gasteiger partial charge in [0, 0.05) is 12.1 Å². The van der Waals surface area contributed by atoms with Crippen molar-refractivity contribution in [3.8, 4) is 5.75 Å². The lowest BCUT2D eigenvalue weighted by atomic mass is 10.2. The number of esters is 1. The van der Waals surface area contributed by atoms with E-state index >= 15 is 0 Å². The molecule has 1 aliphatic heterocycles. The minimum absolute atomic E-state index is 0.00420. The van der Waals surface area contributed by atoms with E-state index in [1.165, 1.54) is 18.2 Å². The van der Waals surface area contributed by atoms with Gasteiger partial charge in [-0.15, -0.1) is 0 Å². The molecular formula is C19H15ClN2O5. The number of benzene rings is 2. The van der Waals surface area contributed by atoms with Crippen LogP contribution in [0.1, 0.15) is 24.5 Å².